The monoisotopic (exact) mass is 303 g/mol. The van der Waals surface area contributed by atoms with Gasteiger partial charge in [-0.25, -0.2) is 4.79 Å². The van der Waals surface area contributed by atoms with Crippen molar-refractivity contribution >= 4 is 5.97 Å². The summed E-state index contributed by atoms with van der Waals surface area (Å²) >= 11 is 0. The van der Waals surface area contributed by atoms with Crippen molar-refractivity contribution in [3.63, 3.8) is 0 Å². The summed E-state index contributed by atoms with van der Waals surface area (Å²) in [7, 11) is 0. The van der Waals surface area contributed by atoms with Crippen LogP contribution in [0.15, 0.2) is 24.3 Å². The van der Waals surface area contributed by atoms with Crippen LogP contribution in [0.1, 0.15) is 74.7 Å². The fraction of sp³-hybridized carbons (Fsp3) is 0.579. The maximum absolute atomic E-state index is 11.9. The van der Waals surface area contributed by atoms with Gasteiger partial charge in [0.15, 0.2) is 0 Å². The Morgan fingerprint density at radius 1 is 1.14 bits per heavy atom. The first kappa shape index (κ1) is 17.0. The first-order chi connectivity index (χ1) is 10.7. The second kappa shape index (κ2) is 8.94. The minimum Gasteiger partial charge on any atom is -0.292 e. The summed E-state index contributed by atoms with van der Waals surface area (Å²) in [6.07, 6.45) is 9.88. The van der Waals surface area contributed by atoms with Crippen LogP contribution in [-0.4, -0.2) is 5.97 Å². The van der Waals surface area contributed by atoms with Gasteiger partial charge in [-0.2, -0.15) is 4.89 Å². The SMILES string of the molecule is CCCCC1CC[C](OOC(=O)c2ccc(CC)cc2)CC1. The fourth-order valence-electron chi connectivity index (χ4n) is 2.89. The lowest BCUT2D eigenvalue weighted by molar-refractivity contribution is -0.240. The van der Waals surface area contributed by atoms with Crippen LogP contribution in [0.25, 0.3) is 0 Å². The van der Waals surface area contributed by atoms with E-state index in [0.717, 1.165) is 44.1 Å². The molecule has 0 spiro atoms. The van der Waals surface area contributed by atoms with Crippen molar-refractivity contribution in [3.05, 3.63) is 41.5 Å². The van der Waals surface area contributed by atoms with E-state index in [1.165, 1.54) is 24.8 Å². The molecule has 0 N–H and O–H groups in total. The van der Waals surface area contributed by atoms with Crippen LogP contribution in [0.3, 0.4) is 0 Å². The second-order valence-corrected chi connectivity index (χ2v) is 6.13. The Hall–Kier alpha value is -1.35. The van der Waals surface area contributed by atoms with Crippen molar-refractivity contribution in [1.82, 2.24) is 0 Å². The van der Waals surface area contributed by atoms with Gasteiger partial charge in [-0.3, -0.25) is 4.89 Å². The molecule has 22 heavy (non-hydrogen) atoms. The summed E-state index contributed by atoms with van der Waals surface area (Å²) in [6, 6.07) is 7.47. The van der Waals surface area contributed by atoms with E-state index in [-0.39, 0.29) is 0 Å². The Bertz CT molecular complexity index is 444. The Kier molecular flexibility index (Phi) is 6.91. The van der Waals surface area contributed by atoms with Gasteiger partial charge in [0.2, 0.25) is 0 Å². The third-order valence-corrected chi connectivity index (χ3v) is 4.46. The number of rotatable bonds is 7. The molecule has 1 aromatic rings. The van der Waals surface area contributed by atoms with Gasteiger partial charge in [-0.05, 0) is 55.7 Å². The van der Waals surface area contributed by atoms with E-state index in [0.29, 0.717) is 5.56 Å². The van der Waals surface area contributed by atoms with Crippen molar-refractivity contribution in [2.45, 2.75) is 65.2 Å². The second-order valence-electron chi connectivity index (χ2n) is 6.13. The summed E-state index contributed by atoms with van der Waals surface area (Å²) in [4.78, 5) is 22.2. The summed E-state index contributed by atoms with van der Waals surface area (Å²) in [5, 5.41) is 0. The molecule has 0 unspecified atom stereocenters. The van der Waals surface area contributed by atoms with E-state index in [1.54, 1.807) is 12.1 Å². The number of unbranched alkanes of at least 4 members (excludes halogenated alkanes) is 1. The van der Waals surface area contributed by atoms with E-state index in [4.69, 9.17) is 9.78 Å². The predicted octanol–water partition coefficient (Wildman–Crippen LogP) is 5.25. The molecule has 0 atom stereocenters. The van der Waals surface area contributed by atoms with Gasteiger partial charge in [0.25, 0.3) is 0 Å². The van der Waals surface area contributed by atoms with E-state index in [2.05, 4.69) is 13.8 Å². The number of hydrogen-bond acceptors (Lipinski definition) is 3. The maximum Gasteiger partial charge on any atom is 0.373 e. The summed E-state index contributed by atoms with van der Waals surface area (Å²) in [5.41, 5.74) is 1.74. The standard InChI is InChI=1S/C19H27O3/c1-3-5-6-16-9-13-18(14-10-16)21-22-19(20)17-11-7-15(4-2)8-12-17/h7-8,11-12,16H,3-6,9-10,13-14H2,1-2H3. The molecular formula is C19H27O3. The Balaban J connectivity index is 1.70. The van der Waals surface area contributed by atoms with Gasteiger partial charge in [-0.15, -0.1) is 0 Å². The molecule has 0 saturated heterocycles. The highest BCUT2D eigenvalue weighted by atomic mass is 17.2. The molecule has 0 heterocycles. The van der Waals surface area contributed by atoms with Gasteiger partial charge in [-0.1, -0.05) is 45.2 Å². The van der Waals surface area contributed by atoms with Crippen LogP contribution in [0.4, 0.5) is 0 Å². The average molecular weight is 303 g/mol. The topological polar surface area (TPSA) is 35.5 Å². The number of carbonyl (C=O) groups excluding carboxylic acids is 1. The summed E-state index contributed by atoms with van der Waals surface area (Å²) in [6.45, 7) is 4.32. The number of carbonyl (C=O) groups is 1. The Labute approximate surface area is 133 Å². The molecule has 121 valence electrons. The Morgan fingerprint density at radius 2 is 1.82 bits per heavy atom. The number of benzene rings is 1. The normalized spacial score (nSPS) is 16.6. The van der Waals surface area contributed by atoms with Crippen LogP contribution in [0, 0.1) is 12.0 Å². The zero-order chi connectivity index (χ0) is 15.8. The minimum absolute atomic E-state index is 0.414. The molecule has 2 rings (SSSR count). The molecule has 1 saturated carbocycles. The lowest BCUT2D eigenvalue weighted by atomic mass is 9.84. The van der Waals surface area contributed by atoms with Crippen LogP contribution in [-0.2, 0) is 16.2 Å². The molecule has 0 amide bonds. The van der Waals surface area contributed by atoms with Gasteiger partial charge in [0.1, 0.15) is 6.10 Å². The van der Waals surface area contributed by atoms with Crippen LogP contribution in [0.5, 0.6) is 0 Å². The molecule has 3 heteroatoms. The van der Waals surface area contributed by atoms with Crippen molar-refractivity contribution in [2.24, 2.45) is 5.92 Å². The van der Waals surface area contributed by atoms with Gasteiger partial charge in [0.05, 0.1) is 5.56 Å². The van der Waals surface area contributed by atoms with E-state index in [9.17, 15) is 4.79 Å². The summed E-state index contributed by atoms with van der Waals surface area (Å²) < 4.78 is 0. The van der Waals surface area contributed by atoms with E-state index < -0.39 is 5.97 Å². The molecule has 1 aliphatic carbocycles. The van der Waals surface area contributed by atoms with Crippen molar-refractivity contribution in [3.8, 4) is 0 Å². The molecule has 0 bridgehead atoms. The predicted molar refractivity (Wildman–Crippen MR) is 87.0 cm³/mol. The summed E-state index contributed by atoms with van der Waals surface area (Å²) in [5.74, 6) is 0.396. The molecule has 3 nitrogen and oxygen atoms in total. The van der Waals surface area contributed by atoms with Gasteiger partial charge < -0.3 is 0 Å². The van der Waals surface area contributed by atoms with Crippen molar-refractivity contribution in [1.29, 1.82) is 0 Å². The third kappa shape index (κ3) is 5.13. The quantitative estimate of drug-likeness (QED) is 0.510. The van der Waals surface area contributed by atoms with Crippen LogP contribution in [0.2, 0.25) is 0 Å². The molecule has 0 aliphatic heterocycles. The molecule has 1 fully saturated rings. The van der Waals surface area contributed by atoms with Crippen molar-refractivity contribution < 1.29 is 14.6 Å². The first-order valence-electron chi connectivity index (χ1n) is 8.55. The van der Waals surface area contributed by atoms with Gasteiger partial charge >= 0.3 is 5.97 Å². The molecule has 1 aliphatic rings. The molecule has 1 aromatic carbocycles. The average Bonchev–Trinajstić information content (AvgIpc) is 2.58. The van der Waals surface area contributed by atoms with Gasteiger partial charge in [0, 0.05) is 0 Å². The Morgan fingerprint density at radius 3 is 2.41 bits per heavy atom. The van der Waals surface area contributed by atoms with E-state index >= 15 is 0 Å². The minimum atomic E-state index is -0.414. The highest BCUT2D eigenvalue weighted by molar-refractivity contribution is 5.88. The van der Waals surface area contributed by atoms with Crippen molar-refractivity contribution in [2.75, 3.05) is 0 Å². The van der Waals surface area contributed by atoms with Crippen LogP contribution >= 0.6 is 0 Å². The number of hydrogen-bond donors (Lipinski definition) is 0. The fourth-order valence-corrected chi connectivity index (χ4v) is 2.89. The smallest absolute Gasteiger partial charge is 0.292 e. The lowest BCUT2D eigenvalue weighted by Gasteiger charge is -2.26. The van der Waals surface area contributed by atoms with E-state index in [1.807, 2.05) is 12.1 Å². The first-order valence-corrected chi connectivity index (χ1v) is 8.55. The highest BCUT2D eigenvalue weighted by Gasteiger charge is 2.24. The molecule has 0 aromatic heterocycles. The lowest BCUT2D eigenvalue weighted by Crippen LogP contribution is -2.17. The zero-order valence-corrected chi connectivity index (χ0v) is 13.8. The number of aryl methyl sites for hydroxylation is 1. The maximum atomic E-state index is 11.9. The largest absolute Gasteiger partial charge is 0.373 e. The molecular weight excluding hydrogens is 276 g/mol. The third-order valence-electron chi connectivity index (χ3n) is 4.46. The van der Waals surface area contributed by atoms with Crippen LogP contribution < -0.4 is 0 Å². The highest BCUT2D eigenvalue weighted by Crippen LogP contribution is 2.33. The zero-order valence-electron chi connectivity index (χ0n) is 13.8. The molecule has 1 radical (unpaired) electrons.